The van der Waals surface area contributed by atoms with Gasteiger partial charge in [0.1, 0.15) is 35.0 Å². The molecule has 6 rings (SSSR count). The Bertz CT molecular complexity index is 1990. The molecular weight excluding hydrogens is 664 g/mol. The number of ether oxygens (including phenoxy) is 4. The van der Waals surface area contributed by atoms with Gasteiger partial charge in [0, 0.05) is 50.5 Å². The number of carboxylic acids is 1. The van der Waals surface area contributed by atoms with Crippen molar-refractivity contribution in [3.05, 3.63) is 68.4 Å². The van der Waals surface area contributed by atoms with Crippen LogP contribution in [0.4, 0.5) is 0 Å². The van der Waals surface area contributed by atoms with Gasteiger partial charge in [0.15, 0.2) is 23.2 Å². The number of ketones is 4. The molecule has 0 spiro atoms. The fraction of sp³-hybridized carbons (Fsp3) is 0.394. The second-order valence-electron chi connectivity index (χ2n) is 12.3. The SMILES string of the molecule is CO[C@@H]1/C(=N\O)[C@@H](OC)[C@@H](NC2=CC(=O)c3c(cc4c(c3O)C(=O)C3(OC)C(O)Cc5cc(C)c(C(=O)O)c(O)c5C3(O)C4=O)C2=O)O[C@H]1C. The van der Waals surface area contributed by atoms with E-state index in [9.17, 15) is 54.7 Å². The van der Waals surface area contributed by atoms with Gasteiger partial charge in [-0.25, -0.2) is 4.79 Å². The summed E-state index contributed by atoms with van der Waals surface area (Å²) >= 11 is 0. The lowest BCUT2D eigenvalue weighted by atomic mass is 9.56. The van der Waals surface area contributed by atoms with Crippen molar-refractivity contribution in [1.29, 1.82) is 0 Å². The summed E-state index contributed by atoms with van der Waals surface area (Å²) in [5.74, 6) is -8.61. The number of aromatic carboxylic acids is 1. The van der Waals surface area contributed by atoms with Crippen molar-refractivity contribution in [2.24, 2.45) is 5.16 Å². The third-order valence-electron chi connectivity index (χ3n) is 9.91. The Balaban J connectivity index is 1.51. The molecule has 50 heavy (non-hydrogen) atoms. The van der Waals surface area contributed by atoms with E-state index in [1.807, 2.05) is 0 Å². The third-order valence-corrected chi connectivity index (χ3v) is 9.91. The first kappa shape index (κ1) is 34.8. The zero-order valence-electron chi connectivity index (χ0n) is 27.1. The van der Waals surface area contributed by atoms with Gasteiger partial charge in [-0.2, -0.15) is 0 Å². The van der Waals surface area contributed by atoms with Crippen molar-refractivity contribution in [3.8, 4) is 11.5 Å². The fourth-order valence-electron chi connectivity index (χ4n) is 7.73. The van der Waals surface area contributed by atoms with Crippen molar-refractivity contribution >= 4 is 34.8 Å². The molecule has 0 radical (unpaired) electrons. The number of hydrogen-bond donors (Lipinski definition) is 7. The first-order valence-electron chi connectivity index (χ1n) is 15.1. The van der Waals surface area contributed by atoms with Gasteiger partial charge in [0.2, 0.25) is 17.3 Å². The second kappa shape index (κ2) is 11.8. The number of aromatic hydroxyl groups is 2. The number of benzene rings is 2. The first-order chi connectivity index (χ1) is 23.6. The van der Waals surface area contributed by atoms with E-state index in [0.717, 1.165) is 19.3 Å². The number of carbonyl (C=O) groups excluding carboxylic acids is 4. The number of aliphatic hydroxyl groups excluding tert-OH is 1. The van der Waals surface area contributed by atoms with Crippen molar-refractivity contribution in [2.75, 3.05) is 21.3 Å². The molecule has 3 unspecified atom stereocenters. The average Bonchev–Trinajstić information content (AvgIpc) is 3.05. The molecule has 7 atom stereocenters. The second-order valence-corrected chi connectivity index (χ2v) is 12.3. The summed E-state index contributed by atoms with van der Waals surface area (Å²) in [4.78, 5) is 68.4. The molecule has 2 aromatic carbocycles. The van der Waals surface area contributed by atoms with E-state index in [-0.39, 0.29) is 16.8 Å². The number of rotatable bonds is 6. The summed E-state index contributed by atoms with van der Waals surface area (Å²) < 4.78 is 22.1. The van der Waals surface area contributed by atoms with Crippen molar-refractivity contribution in [3.63, 3.8) is 0 Å². The lowest BCUT2D eigenvalue weighted by Crippen LogP contribution is -2.73. The lowest BCUT2D eigenvalue weighted by molar-refractivity contribution is -0.181. The van der Waals surface area contributed by atoms with Crippen LogP contribution < -0.4 is 5.32 Å². The summed E-state index contributed by atoms with van der Waals surface area (Å²) in [5.41, 5.74) is -11.0. The quantitative estimate of drug-likeness (QED) is 0.156. The van der Waals surface area contributed by atoms with Crippen LogP contribution in [0.2, 0.25) is 0 Å². The number of nitrogens with one attached hydrogen (secondary N) is 1. The highest BCUT2D eigenvalue weighted by Gasteiger charge is 2.72. The van der Waals surface area contributed by atoms with E-state index in [1.54, 1.807) is 6.92 Å². The smallest absolute Gasteiger partial charge is 0.339 e. The minimum absolute atomic E-state index is 0.00646. The molecule has 0 aromatic heterocycles. The van der Waals surface area contributed by atoms with E-state index in [2.05, 4.69) is 10.5 Å². The maximum atomic E-state index is 14.5. The molecule has 1 saturated heterocycles. The topological polar surface area (TPSA) is 268 Å². The number of Topliss-reactive ketones (excluding diaryl/α,β-unsaturated/α-hetero) is 3. The number of nitrogens with zero attached hydrogens (tertiary/aromatic N) is 1. The van der Waals surface area contributed by atoms with Crippen LogP contribution in [0.5, 0.6) is 11.5 Å². The molecule has 7 N–H and O–H groups in total. The average molecular weight is 697 g/mol. The molecule has 264 valence electrons. The van der Waals surface area contributed by atoms with Gasteiger partial charge < -0.3 is 55.0 Å². The molecule has 1 aliphatic heterocycles. The Labute approximate surface area is 282 Å². The molecule has 17 nitrogen and oxygen atoms in total. The van der Waals surface area contributed by atoms with Gasteiger partial charge >= 0.3 is 5.97 Å². The number of aryl methyl sites for hydroxylation is 1. The van der Waals surface area contributed by atoms with Crippen molar-refractivity contribution in [1.82, 2.24) is 5.32 Å². The minimum atomic E-state index is -3.30. The largest absolute Gasteiger partial charge is 0.507 e. The van der Waals surface area contributed by atoms with E-state index < -0.39 is 128 Å². The van der Waals surface area contributed by atoms with Gasteiger partial charge in [-0.05, 0) is 31.0 Å². The zero-order valence-corrected chi connectivity index (χ0v) is 27.1. The normalized spacial score (nSPS) is 31.1. The maximum absolute atomic E-state index is 14.5. The molecule has 0 bridgehead atoms. The number of phenols is 2. The number of methoxy groups -OCH3 is 3. The Morgan fingerprint density at radius 3 is 2.24 bits per heavy atom. The number of carbonyl (C=O) groups is 5. The van der Waals surface area contributed by atoms with Crippen LogP contribution in [0.15, 0.2) is 29.1 Å². The Morgan fingerprint density at radius 1 is 1.00 bits per heavy atom. The van der Waals surface area contributed by atoms with E-state index in [0.29, 0.717) is 0 Å². The predicted octanol–water partition coefficient (Wildman–Crippen LogP) is 0.131. The van der Waals surface area contributed by atoms with Gasteiger partial charge in [0.25, 0.3) is 0 Å². The number of aliphatic hydroxyl groups is 2. The molecule has 4 aliphatic rings. The Kier molecular flexibility index (Phi) is 8.21. The highest BCUT2D eigenvalue weighted by Crippen LogP contribution is 2.56. The maximum Gasteiger partial charge on any atom is 0.339 e. The van der Waals surface area contributed by atoms with Gasteiger partial charge in [-0.1, -0.05) is 11.2 Å². The van der Waals surface area contributed by atoms with Crippen LogP contribution in [0.3, 0.4) is 0 Å². The molecule has 0 amide bonds. The molecule has 1 fully saturated rings. The predicted molar refractivity (Wildman–Crippen MR) is 165 cm³/mol. The lowest BCUT2D eigenvalue weighted by Gasteiger charge is -2.52. The highest BCUT2D eigenvalue weighted by molar-refractivity contribution is 6.31. The van der Waals surface area contributed by atoms with Crippen LogP contribution in [0, 0.1) is 6.92 Å². The Morgan fingerprint density at radius 2 is 1.66 bits per heavy atom. The first-order valence-corrected chi connectivity index (χ1v) is 15.1. The van der Waals surface area contributed by atoms with E-state index in [1.165, 1.54) is 27.2 Å². The number of carboxylic acid groups (broad SMARTS) is 1. The Hall–Kier alpha value is -5.04. The molecular formula is C33H32N2O15. The summed E-state index contributed by atoms with van der Waals surface area (Å²) in [6.07, 6.45) is -5.64. The summed E-state index contributed by atoms with van der Waals surface area (Å²) in [7, 11) is 3.50. The third kappa shape index (κ3) is 4.28. The molecule has 3 aliphatic carbocycles. The standard InChI is InChI=1S/C33H32N2O15/c1-10-6-12-7-17(37)33(49-5)29(42)20-14(28(41)32(33,45)21(12)25(40)18(10)31(43)44)8-13-19(24(20)39)16(36)9-15(23(13)38)34-30-27(48-4)22(35-46)26(47-3)11(2)50-30/h6,8-9,11,17,26-27,30,34,37,39-40,45-46H,7H2,1-5H3,(H,43,44)/b35-22+/t11-,17?,26-,27+,30-,32?,33?/m0/s1. The van der Waals surface area contributed by atoms with Crippen LogP contribution in [0.1, 0.15) is 75.4 Å². The molecule has 0 saturated carbocycles. The molecule has 2 aromatic rings. The minimum Gasteiger partial charge on any atom is -0.507 e. The van der Waals surface area contributed by atoms with Crippen LogP contribution in [0.25, 0.3) is 0 Å². The molecule has 17 heteroatoms. The van der Waals surface area contributed by atoms with E-state index >= 15 is 0 Å². The summed E-state index contributed by atoms with van der Waals surface area (Å²) in [6.45, 7) is 2.93. The van der Waals surface area contributed by atoms with Crippen LogP contribution in [-0.4, -0.2) is 123 Å². The van der Waals surface area contributed by atoms with Gasteiger partial charge in [0.05, 0.1) is 29.0 Å². The number of oxime groups is 1. The van der Waals surface area contributed by atoms with Gasteiger partial charge in [-0.3, -0.25) is 19.2 Å². The number of phenolic OH excluding ortho intramolecular Hbond substituents is 1. The summed E-state index contributed by atoms with van der Waals surface area (Å²) in [6, 6.07) is 2.03. The number of fused-ring (bicyclic) bond motifs is 5. The monoisotopic (exact) mass is 696 g/mol. The zero-order chi connectivity index (χ0) is 36.8. The van der Waals surface area contributed by atoms with E-state index in [4.69, 9.17) is 18.9 Å². The van der Waals surface area contributed by atoms with Crippen LogP contribution >= 0.6 is 0 Å². The van der Waals surface area contributed by atoms with Gasteiger partial charge in [-0.15, -0.1) is 0 Å². The number of hydrogen-bond acceptors (Lipinski definition) is 16. The van der Waals surface area contributed by atoms with Crippen molar-refractivity contribution in [2.45, 2.75) is 62.1 Å². The van der Waals surface area contributed by atoms with Crippen molar-refractivity contribution < 1.29 is 73.7 Å². The fourth-order valence-corrected chi connectivity index (χ4v) is 7.73. The number of allylic oxidation sites excluding steroid dienone is 2. The summed E-state index contributed by atoms with van der Waals surface area (Å²) in [5, 5.41) is 71.8. The highest BCUT2D eigenvalue weighted by atomic mass is 16.6. The van der Waals surface area contributed by atoms with Crippen LogP contribution in [-0.2, 0) is 31.0 Å². The molecule has 1 heterocycles.